The summed E-state index contributed by atoms with van der Waals surface area (Å²) in [5, 5.41) is 3.14. The molecule has 1 amide bonds. The number of rotatable bonds is 6. The van der Waals surface area contributed by atoms with Gasteiger partial charge in [-0.25, -0.2) is 0 Å². The van der Waals surface area contributed by atoms with Gasteiger partial charge in [-0.15, -0.1) is 0 Å². The van der Waals surface area contributed by atoms with Gasteiger partial charge in [0.2, 0.25) is 5.91 Å². The van der Waals surface area contributed by atoms with Gasteiger partial charge in [0.05, 0.1) is 0 Å². The lowest BCUT2D eigenvalue weighted by Gasteiger charge is -2.16. The first-order chi connectivity index (χ1) is 10.7. The molecule has 116 valence electrons. The van der Waals surface area contributed by atoms with Gasteiger partial charge in [-0.1, -0.05) is 69.3 Å². The van der Waals surface area contributed by atoms with E-state index in [9.17, 15) is 4.79 Å². The molecule has 0 bridgehead atoms. The number of para-hydroxylation sites is 1. The van der Waals surface area contributed by atoms with Crippen LogP contribution in [0.5, 0.6) is 0 Å². The fourth-order valence-electron chi connectivity index (χ4n) is 2.77. The van der Waals surface area contributed by atoms with Crippen molar-refractivity contribution < 1.29 is 4.79 Å². The SMILES string of the molecule is CCc1cccc(CC)c1NC(=O)C[C@H](C)c1ccccc1. The summed E-state index contributed by atoms with van der Waals surface area (Å²) in [5.41, 5.74) is 4.63. The van der Waals surface area contributed by atoms with E-state index in [1.165, 1.54) is 16.7 Å². The zero-order valence-corrected chi connectivity index (χ0v) is 13.7. The second kappa shape index (κ2) is 7.79. The van der Waals surface area contributed by atoms with Crippen LogP contribution in [0.15, 0.2) is 48.5 Å². The van der Waals surface area contributed by atoms with Gasteiger partial charge < -0.3 is 5.32 Å². The molecule has 0 saturated heterocycles. The van der Waals surface area contributed by atoms with E-state index in [4.69, 9.17) is 0 Å². The van der Waals surface area contributed by atoms with Gasteiger partial charge in [-0.2, -0.15) is 0 Å². The topological polar surface area (TPSA) is 29.1 Å². The lowest BCUT2D eigenvalue weighted by Crippen LogP contribution is -2.16. The largest absolute Gasteiger partial charge is 0.326 e. The fourth-order valence-corrected chi connectivity index (χ4v) is 2.77. The summed E-state index contributed by atoms with van der Waals surface area (Å²) in [7, 11) is 0. The summed E-state index contributed by atoms with van der Waals surface area (Å²) < 4.78 is 0. The number of hydrogen-bond donors (Lipinski definition) is 1. The molecule has 0 fully saturated rings. The molecule has 2 aromatic carbocycles. The molecule has 0 saturated carbocycles. The molecule has 2 heteroatoms. The van der Waals surface area contributed by atoms with E-state index in [1.807, 2.05) is 18.2 Å². The maximum atomic E-state index is 12.4. The van der Waals surface area contributed by atoms with Crippen LogP contribution in [0.25, 0.3) is 0 Å². The molecule has 0 unspecified atom stereocenters. The first-order valence-corrected chi connectivity index (χ1v) is 8.11. The zero-order chi connectivity index (χ0) is 15.9. The molecule has 0 aliphatic carbocycles. The molecule has 2 nitrogen and oxygen atoms in total. The van der Waals surface area contributed by atoms with Crippen molar-refractivity contribution in [1.29, 1.82) is 0 Å². The molecule has 22 heavy (non-hydrogen) atoms. The summed E-state index contributed by atoms with van der Waals surface area (Å²) in [5.74, 6) is 0.312. The molecule has 2 rings (SSSR count). The van der Waals surface area contributed by atoms with E-state index < -0.39 is 0 Å². The highest BCUT2D eigenvalue weighted by Crippen LogP contribution is 2.24. The first-order valence-electron chi connectivity index (χ1n) is 8.11. The van der Waals surface area contributed by atoms with Gasteiger partial charge in [-0.05, 0) is 35.4 Å². The van der Waals surface area contributed by atoms with Crippen molar-refractivity contribution in [2.75, 3.05) is 5.32 Å². The number of benzene rings is 2. The van der Waals surface area contributed by atoms with Gasteiger partial charge in [-0.3, -0.25) is 4.79 Å². The Hall–Kier alpha value is -2.09. The molecule has 0 aromatic heterocycles. The van der Waals surface area contributed by atoms with E-state index in [2.05, 4.69) is 56.4 Å². The number of aryl methyl sites for hydroxylation is 2. The van der Waals surface area contributed by atoms with Crippen LogP contribution in [0.4, 0.5) is 5.69 Å². The number of hydrogen-bond acceptors (Lipinski definition) is 1. The lowest BCUT2D eigenvalue weighted by atomic mass is 9.97. The molecule has 0 aliphatic rings. The fraction of sp³-hybridized carbons (Fsp3) is 0.350. The van der Waals surface area contributed by atoms with Crippen LogP contribution >= 0.6 is 0 Å². The Balaban J connectivity index is 2.09. The number of carbonyl (C=O) groups is 1. The Kier molecular flexibility index (Phi) is 5.76. The highest BCUT2D eigenvalue weighted by Gasteiger charge is 2.14. The van der Waals surface area contributed by atoms with Gasteiger partial charge in [0, 0.05) is 12.1 Å². The van der Waals surface area contributed by atoms with E-state index in [0.29, 0.717) is 6.42 Å². The molecular weight excluding hydrogens is 270 g/mol. The molecular formula is C20H25NO. The maximum absolute atomic E-state index is 12.4. The van der Waals surface area contributed by atoms with Gasteiger partial charge in [0.15, 0.2) is 0 Å². The van der Waals surface area contributed by atoms with Crippen molar-refractivity contribution in [2.45, 2.75) is 46.0 Å². The number of anilines is 1. The van der Waals surface area contributed by atoms with Gasteiger partial charge in [0.1, 0.15) is 0 Å². The van der Waals surface area contributed by atoms with Crippen LogP contribution in [0.3, 0.4) is 0 Å². The Morgan fingerprint density at radius 2 is 1.55 bits per heavy atom. The van der Waals surface area contributed by atoms with Crippen molar-refractivity contribution in [2.24, 2.45) is 0 Å². The Labute approximate surface area is 133 Å². The highest BCUT2D eigenvalue weighted by molar-refractivity contribution is 5.92. The molecule has 0 radical (unpaired) electrons. The third-order valence-electron chi connectivity index (χ3n) is 4.12. The van der Waals surface area contributed by atoms with Crippen LogP contribution in [0, 0.1) is 0 Å². The summed E-state index contributed by atoms with van der Waals surface area (Å²) in [4.78, 5) is 12.4. The van der Waals surface area contributed by atoms with Crippen molar-refractivity contribution in [1.82, 2.24) is 0 Å². The number of nitrogens with one attached hydrogen (secondary N) is 1. The molecule has 1 N–H and O–H groups in total. The quantitative estimate of drug-likeness (QED) is 0.803. The third kappa shape index (κ3) is 3.97. The average Bonchev–Trinajstić information content (AvgIpc) is 2.55. The van der Waals surface area contributed by atoms with Crippen LogP contribution in [0.2, 0.25) is 0 Å². The lowest BCUT2D eigenvalue weighted by molar-refractivity contribution is -0.116. The smallest absolute Gasteiger partial charge is 0.224 e. The Bertz CT molecular complexity index is 597. The second-order valence-electron chi connectivity index (χ2n) is 5.72. The Morgan fingerprint density at radius 3 is 2.09 bits per heavy atom. The average molecular weight is 295 g/mol. The van der Waals surface area contributed by atoms with Gasteiger partial charge in [0.25, 0.3) is 0 Å². The van der Waals surface area contributed by atoms with Crippen LogP contribution in [0.1, 0.15) is 49.8 Å². The van der Waals surface area contributed by atoms with E-state index in [0.717, 1.165) is 18.5 Å². The van der Waals surface area contributed by atoms with Crippen LogP contribution in [-0.4, -0.2) is 5.91 Å². The molecule has 1 atom stereocenters. The maximum Gasteiger partial charge on any atom is 0.224 e. The van der Waals surface area contributed by atoms with E-state index >= 15 is 0 Å². The van der Waals surface area contributed by atoms with Gasteiger partial charge >= 0.3 is 0 Å². The summed E-state index contributed by atoms with van der Waals surface area (Å²) >= 11 is 0. The van der Waals surface area contributed by atoms with Crippen molar-refractivity contribution >= 4 is 11.6 Å². The molecule has 0 heterocycles. The van der Waals surface area contributed by atoms with Crippen molar-refractivity contribution in [3.63, 3.8) is 0 Å². The van der Waals surface area contributed by atoms with E-state index in [1.54, 1.807) is 0 Å². The minimum Gasteiger partial charge on any atom is -0.326 e. The molecule has 2 aromatic rings. The molecule has 0 aliphatic heterocycles. The molecule has 0 spiro atoms. The van der Waals surface area contributed by atoms with Crippen molar-refractivity contribution in [3.8, 4) is 0 Å². The van der Waals surface area contributed by atoms with E-state index in [-0.39, 0.29) is 11.8 Å². The first kappa shape index (κ1) is 16.3. The summed E-state index contributed by atoms with van der Waals surface area (Å²) in [6.07, 6.45) is 2.36. The minimum absolute atomic E-state index is 0.0898. The zero-order valence-electron chi connectivity index (χ0n) is 13.7. The summed E-state index contributed by atoms with van der Waals surface area (Å²) in [6.45, 7) is 6.34. The number of carbonyl (C=O) groups excluding carboxylic acids is 1. The van der Waals surface area contributed by atoms with Crippen molar-refractivity contribution in [3.05, 3.63) is 65.2 Å². The normalized spacial score (nSPS) is 12.0. The third-order valence-corrected chi connectivity index (χ3v) is 4.12. The van der Waals surface area contributed by atoms with Crippen LogP contribution in [-0.2, 0) is 17.6 Å². The van der Waals surface area contributed by atoms with Crippen LogP contribution < -0.4 is 5.32 Å². The highest BCUT2D eigenvalue weighted by atomic mass is 16.1. The Morgan fingerprint density at radius 1 is 0.955 bits per heavy atom. The predicted octanol–water partition coefficient (Wildman–Crippen LogP) is 4.94. The monoisotopic (exact) mass is 295 g/mol. The standard InChI is InChI=1S/C20H25NO/c1-4-16-12-9-13-17(5-2)20(16)21-19(22)14-15(3)18-10-7-6-8-11-18/h6-13,15H,4-5,14H2,1-3H3,(H,21,22)/t15-/m0/s1. The summed E-state index contributed by atoms with van der Waals surface area (Å²) in [6, 6.07) is 16.5. The second-order valence-corrected chi connectivity index (χ2v) is 5.72. The number of amides is 1. The predicted molar refractivity (Wildman–Crippen MR) is 93.3 cm³/mol. The minimum atomic E-state index is 0.0898.